The zero-order valence-electron chi connectivity index (χ0n) is 21.6. The van der Waals surface area contributed by atoms with Crippen molar-refractivity contribution in [2.75, 3.05) is 0 Å². The van der Waals surface area contributed by atoms with Crippen LogP contribution >= 0.6 is 0 Å². The van der Waals surface area contributed by atoms with Crippen LogP contribution in [0.15, 0.2) is 115 Å². The third kappa shape index (κ3) is 4.81. The van der Waals surface area contributed by atoms with Gasteiger partial charge in [-0.25, -0.2) is 18.7 Å². The second-order valence-corrected chi connectivity index (χ2v) is 9.43. The van der Waals surface area contributed by atoms with Crippen molar-refractivity contribution in [1.82, 2.24) is 25.1 Å². The van der Waals surface area contributed by atoms with Gasteiger partial charge in [-0.1, -0.05) is 72.8 Å². The van der Waals surface area contributed by atoms with Gasteiger partial charge < -0.3 is 0 Å². The van der Waals surface area contributed by atoms with Crippen LogP contribution in [-0.2, 0) is 11.6 Å². The molecule has 3 aromatic heterocycles. The number of halogens is 5. The van der Waals surface area contributed by atoms with E-state index in [0.717, 1.165) is 23.3 Å². The zero-order chi connectivity index (χ0) is 29.3. The number of pyridine rings is 2. The number of H-pyrrole nitrogens is 1. The minimum atomic E-state index is -4.71. The molecule has 3 heterocycles. The summed E-state index contributed by atoms with van der Waals surface area (Å²) < 4.78 is 68.4. The lowest BCUT2D eigenvalue weighted by Gasteiger charge is -2.35. The SMILES string of the molecule is Fc1ccc(-c2cccc(C(c3ccccc3)(c3ccccc3)c3cccc(-c4n[nH]c(C(F)(F)F)n4)n3)n2)c(F)c1. The summed E-state index contributed by atoms with van der Waals surface area (Å²) in [4.78, 5) is 13.3. The van der Waals surface area contributed by atoms with Crippen molar-refractivity contribution in [2.24, 2.45) is 0 Å². The lowest BCUT2D eigenvalue weighted by Crippen LogP contribution is -2.33. The van der Waals surface area contributed by atoms with Gasteiger partial charge in [0, 0.05) is 11.6 Å². The van der Waals surface area contributed by atoms with Crippen LogP contribution in [0, 0.1) is 11.6 Å². The molecule has 0 spiro atoms. The molecule has 0 saturated carbocycles. The maximum Gasteiger partial charge on any atom is 0.451 e. The molecule has 0 bridgehead atoms. The lowest BCUT2D eigenvalue weighted by molar-refractivity contribution is -0.144. The molecule has 6 rings (SSSR count). The normalized spacial score (nSPS) is 11.9. The summed E-state index contributed by atoms with van der Waals surface area (Å²) >= 11 is 0. The molecule has 0 aliphatic rings. The summed E-state index contributed by atoms with van der Waals surface area (Å²) in [5.41, 5.74) is 1.63. The Kier molecular flexibility index (Phi) is 6.82. The largest absolute Gasteiger partial charge is 0.451 e. The number of hydrogen-bond donors (Lipinski definition) is 1. The Morgan fingerprint density at radius 1 is 0.571 bits per heavy atom. The molecule has 0 fully saturated rings. The summed E-state index contributed by atoms with van der Waals surface area (Å²) in [6, 6.07) is 32.0. The van der Waals surface area contributed by atoms with Crippen LogP contribution in [-0.4, -0.2) is 25.1 Å². The fourth-order valence-corrected chi connectivity index (χ4v) is 5.03. The molecule has 0 radical (unpaired) electrons. The van der Waals surface area contributed by atoms with E-state index >= 15 is 0 Å². The number of hydrogen-bond acceptors (Lipinski definition) is 4. The first kappa shape index (κ1) is 26.9. The number of nitrogens with zero attached hydrogens (tertiary/aromatic N) is 4. The number of aromatic amines is 1. The molecule has 6 aromatic rings. The Morgan fingerprint density at radius 2 is 1.14 bits per heavy atom. The highest BCUT2D eigenvalue weighted by molar-refractivity contribution is 5.64. The van der Waals surface area contributed by atoms with Crippen molar-refractivity contribution in [3.8, 4) is 22.8 Å². The van der Waals surface area contributed by atoms with Gasteiger partial charge in [-0.15, -0.1) is 0 Å². The monoisotopic (exact) mass is 569 g/mol. The molecule has 0 aliphatic heterocycles. The van der Waals surface area contributed by atoms with Gasteiger partial charge in [-0.05, 0) is 47.5 Å². The third-order valence-electron chi connectivity index (χ3n) is 6.87. The summed E-state index contributed by atoms with van der Waals surface area (Å²) in [5, 5.41) is 5.69. The van der Waals surface area contributed by atoms with E-state index in [4.69, 9.17) is 9.97 Å². The molecular weight excluding hydrogens is 549 g/mol. The van der Waals surface area contributed by atoms with Crippen molar-refractivity contribution in [1.29, 1.82) is 0 Å². The van der Waals surface area contributed by atoms with Crippen molar-refractivity contribution in [3.05, 3.63) is 155 Å². The summed E-state index contributed by atoms with van der Waals surface area (Å²) in [6.07, 6.45) is -4.71. The Balaban J connectivity index is 1.64. The maximum absolute atomic E-state index is 14.9. The number of alkyl halides is 3. The van der Waals surface area contributed by atoms with Gasteiger partial charge >= 0.3 is 6.18 Å². The minimum Gasteiger partial charge on any atom is -0.255 e. The predicted molar refractivity (Wildman–Crippen MR) is 146 cm³/mol. The fourth-order valence-electron chi connectivity index (χ4n) is 5.03. The standard InChI is InChI=1S/C32H20F5N5/c33-22-17-18-23(24(34)19-22)25-13-7-15-27(38-25)31(20-9-3-1-4-10-20,21-11-5-2-6-12-21)28-16-8-14-26(39-28)29-40-30(42-41-29)32(35,36)37/h1-19H,(H,40,41,42). The zero-order valence-corrected chi connectivity index (χ0v) is 21.6. The predicted octanol–water partition coefficient (Wildman–Crippen LogP) is 7.61. The molecule has 42 heavy (non-hydrogen) atoms. The lowest BCUT2D eigenvalue weighted by atomic mass is 9.69. The molecule has 10 heteroatoms. The van der Waals surface area contributed by atoms with Crippen LogP contribution in [0.3, 0.4) is 0 Å². The summed E-state index contributed by atoms with van der Waals surface area (Å²) in [7, 11) is 0. The Morgan fingerprint density at radius 3 is 1.69 bits per heavy atom. The molecule has 0 saturated heterocycles. The Bertz CT molecular complexity index is 1810. The second-order valence-electron chi connectivity index (χ2n) is 9.43. The molecular formula is C32H20F5N5. The molecule has 1 N–H and O–H groups in total. The van der Waals surface area contributed by atoms with Crippen LogP contribution in [0.25, 0.3) is 22.8 Å². The van der Waals surface area contributed by atoms with Crippen molar-refractivity contribution in [3.63, 3.8) is 0 Å². The van der Waals surface area contributed by atoms with Crippen molar-refractivity contribution < 1.29 is 22.0 Å². The van der Waals surface area contributed by atoms with E-state index in [9.17, 15) is 22.0 Å². The van der Waals surface area contributed by atoms with E-state index in [1.807, 2.05) is 65.8 Å². The van der Waals surface area contributed by atoms with Crippen LogP contribution < -0.4 is 0 Å². The van der Waals surface area contributed by atoms with E-state index < -0.39 is 29.1 Å². The van der Waals surface area contributed by atoms with E-state index in [-0.39, 0.29) is 22.8 Å². The highest BCUT2D eigenvalue weighted by Crippen LogP contribution is 2.44. The topological polar surface area (TPSA) is 67.3 Å². The fraction of sp³-hybridized carbons (Fsp3) is 0.0625. The van der Waals surface area contributed by atoms with E-state index in [0.29, 0.717) is 11.4 Å². The van der Waals surface area contributed by atoms with Crippen LogP contribution in [0.1, 0.15) is 28.3 Å². The quantitative estimate of drug-likeness (QED) is 0.210. The van der Waals surface area contributed by atoms with E-state index in [2.05, 4.69) is 10.1 Å². The van der Waals surface area contributed by atoms with Crippen LogP contribution in [0.4, 0.5) is 22.0 Å². The Labute approximate surface area is 236 Å². The third-order valence-corrected chi connectivity index (χ3v) is 6.87. The van der Waals surface area contributed by atoms with Gasteiger partial charge in [0.05, 0.1) is 17.1 Å². The number of nitrogens with one attached hydrogen (secondary N) is 1. The van der Waals surface area contributed by atoms with Gasteiger partial charge in [0.1, 0.15) is 22.7 Å². The van der Waals surface area contributed by atoms with Crippen molar-refractivity contribution in [2.45, 2.75) is 11.6 Å². The first-order chi connectivity index (χ1) is 20.3. The number of aromatic nitrogens is 5. The van der Waals surface area contributed by atoms with E-state index in [1.165, 1.54) is 12.1 Å². The molecule has 0 amide bonds. The Hall–Kier alpha value is -5.25. The average molecular weight is 570 g/mol. The van der Waals surface area contributed by atoms with E-state index in [1.54, 1.807) is 30.3 Å². The molecule has 0 atom stereocenters. The highest BCUT2D eigenvalue weighted by atomic mass is 19.4. The second kappa shape index (κ2) is 10.6. The number of benzene rings is 3. The average Bonchev–Trinajstić information content (AvgIpc) is 3.51. The van der Waals surface area contributed by atoms with Gasteiger partial charge in [-0.2, -0.15) is 18.3 Å². The molecule has 208 valence electrons. The summed E-state index contributed by atoms with van der Waals surface area (Å²) in [6.45, 7) is 0. The molecule has 3 aromatic carbocycles. The first-order valence-corrected chi connectivity index (χ1v) is 12.8. The molecule has 0 aliphatic carbocycles. The van der Waals surface area contributed by atoms with Gasteiger partial charge in [-0.3, -0.25) is 10.1 Å². The van der Waals surface area contributed by atoms with Gasteiger partial charge in [0.15, 0.2) is 5.82 Å². The summed E-state index contributed by atoms with van der Waals surface area (Å²) in [5.74, 6) is -2.95. The molecule has 0 unspecified atom stereocenters. The molecule has 5 nitrogen and oxygen atoms in total. The van der Waals surface area contributed by atoms with Crippen molar-refractivity contribution >= 4 is 0 Å². The first-order valence-electron chi connectivity index (χ1n) is 12.8. The maximum atomic E-state index is 14.9. The van der Waals surface area contributed by atoms with Gasteiger partial charge in [0.25, 0.3) is 0 Å². The highest BCUT2D eigenvalue weighted by Gasteiger charge is 2.42. The number of rotatable bonds is 6. The van der Waals surface area contributed by atoms with Crippen LogP contribution in [0.5, 0.6) is 0 Å². The minimum absolute atomic E-state index is 0.107. The van der Waals surface area contributed by atoms with Gasteiger partial charge in [0.2, 0.25) is 5.82 Å². The van der Waals surface area contributed by atoms with Crippen LogP contribution in [0.2, 0.25) is 0 Å². The smallest absolute Gasteiger partial charge is 0.255 e.